The van der Waals surface area contributed by atoms with Crippen molar-refractivity contribution in [2.45, 2.75) is 45.1 Å². The molecule has 0 aromatic carbocycles. The summed E-state index contributed by atoms with van der Waals surface area (Å²) >= 11 is 0. The van der Waals surface area contributed by atoms with Crippen molar-refractivity contribution in [1.82, 2.24) is 10.3 Å². The van der Waals surface area contributed by atoms with Gasteiger partial charge in [-0.05, 0) is 46.2 Å². The van der Waals surface area contributed by atoms with Crippen molar-refractivity contribution >= 4 is 5.91 Å². The second-order valence-electron chi connectivity index (χ2n) is 4.57. The van der Waals surface area contributed by atoms with Gasteiger partial charge in [0.25, 0.3) is 0 Å². The summed E-state index contributed by atoms with van der Waals surface area (Å²) in [5, 5.41) is 0. The van der Waals surface area contributed by atoms with Crippen LogP contribution in [0.1, 0.15) is 39.5 Å². The number of nitrogens with zero attached hydrogens (tertiary/aromatic N) is 1. The first-order chi connectivity index (χ1) is 6.56. The number of carbonyl (C=O) groups is 1. The van der Waals surface area contributed by atoms with Crippen LogP contribution in [0.4, 0.5) is 0 Å². The fraction of sp³-hybridized carbons (Fsp3) is 0.900. The molecule has 1 fully saturated rings. The van der Waals surface area contributed by atoms with Crippen LogP contribution in [-0.4, -0.2) is 29.4 Å². The monoisotopic (exact) mass is 199 g/mol. The Morgan fingerprint density at radius 1 is 1.57 bits per heavy atom. The fourth-order valence-electron chi connectivity index (χ4n) is 2.08. The minimum absolute atomic E-state index is 0.0676. The summed E-state index contributed by atoms with van der Waals surface area (Å²) in [7, 11) is 0. The third-order valence-electron chi connectivity index (χ3n) is 3.07. The third-order valence-corrected chi connectivity index (χ3v) is 3.07. The molecular weight excluding hydrogens is 178 g/mol. The number of hydrazine groups is 1. The lowest BCUT2D eigenvalue weighted by Crippen LogP contribution is -2.39. The molecule has 0 aliphatic carbocycles. The van der Waals surface area contributed by atoms with Crippen LogP contribution < -0.4 is 11.3 Å². The van der Waals surface area contributed by atoms with E-state index >= 15 is 0 Å². The first-order valence-electron chi connectivity index (χ1n) is 5.31. The molecule has 0 radical (unpaired) electrons. The second-order valence-corrected chi connectivity index (χ2v) is 4.57. The lowest BCUT2D eigenvalue weighted by Gasteiger charge is -2.31. The molecule has 1 aliphatic heterocycles. The number of carbonyl (C=O) groups excluding carboxylic acids is 1. The van der Waals surface area contributed by atoms with E-state index in [0.717, 1.165) is 19.5 Å². The smallest absolute Gasteiger partial charge is 0.233 e. The average molecular weight is 199 g/mol. The number of hydrogen-bond acceptors (Lipinski definition) is 3. The van der Waals surface area contributed by atoms with Crippen molar-refractivity contribution in [1.29, 1.82) is 0 Å². The highest BCUT2D eigenvalue weighted by atomic mass is 16.2. The zero-order chi connectivity index (χ0) is 10.6. The Morgan fingerprint density at radius 2 is 2.29 bits per heavy atom. The Hall–Kier alpha value is -0.610. The molecule has 1 saturated heterocycles. The summed E-state index contributed by atoms with van der Waals surface area (Å²) in [6, 6.07) is 0. The van der Waals surface area contributed by atoms with Gasteiger partial charge < -0.3 is 0 Å². The third kappa shape index (κ3) is 2.96. The van der Waals surface area contributed by atoms with Gasteiger partial charge in [-0.15, -0.1) is 0 Å². The Kier molecular flexibility index (Phi) is 3.89. The van der Waals surface area contributed by atoms with Crippen molar-refractivity contribution in [3.63, 3.8) is 0 Å². The number of hydrogen-bond donors (Lipinski definition) is 2. The molecule has 0 bridgehead atoms. The molecule has 3 N–H and O–H groups in total. The van der Waals surface area contributed by atoms with Gasteiger partial charge in [-0.2, -0.15) is 0 Å². The summed E-state index contributed by atoms with van der Waals surface area (Å²) < 4.78 is 0. The van der Waals surface area contributed by atoms with Gasteiger partial charge in [-0.3, -0.25) is 15.1 Å². The van der Waals surface area contributed by atoms with Crippen molar-refractivity contribution in [3.05, 3.63) is 0 Å². The largest absolute Gasteiger partial charge is 0.298 e. The van der Waals surface area contributed by atoms with Crippen LogP contribution >= 0.6 is 0 Å². The zero-order valence-electron chi connectivity index (χ0n) is 9.18. The molecular formula is C10H21N3O. The van der Waals surface area contributed by atoms with Gasteiger partial charge >= 0.3 is 0 Å². The van der Waals surface area contributed by atoms with Crippen molar-refractivity contribution in [3.8, 4) is 0 Å². The maximum atomic E-state index is 10.9. The summed E-state index contributed by atoms with van der Waals surface area (Å²) in [5.74, 6) is 4.94. The van der Waals surface area contributed by atoms with Crippen molar-refractivity contribution in [2.24, 2.45) is 5.84 Å². The van der Waals surface area contributed by atoms with Gasteiger partial charge in [0.1, 0.15) is 0 Å². The zero-order valence-corrected chi connectivity index (χ0v) is 9.18. The molecule has 1 rings (SSSR count). The SMILES string of the molecule is CC1(C)CCCN1CCCC(=O)NN. The van der Waals surface area contributed by atoms with Crippen LogP contribution in [0.15, 0.2) is 0 Å². The summed E-state index contributed by atoms with van der Waals surface area (Å²) in [6.45, 7) is 6.70. The highest BCUT2D eigenvalue weighted by molar-refractivity contribution is 5.75. The Bertz CT molecular complexity index is 204. The van der Waals surface area contributed by atoms with Crippen molar-refractivity contribution < 1.29 is 4.79 Å². The van der Waals surface area contributed by atoms with Gasteiger partial charge in [0.2, 0.25) is 5.91 Å². The minimum atomic E-state index is -0.0676. The second kappa shape index (κ2) is 4.75. The van der Waals surface area contributed by atoms with E-state index in [0.29, 0.717) is 12.0 Å². The molecule has 0 aromatic heterocycles. The van der Waals surface area contributed by atoms with E-state index in [1.165, 1.54) is 12.8 Å². The topological polar surface area (TPSA) is 58.4 Å². The molecule has 1 amide bonds. The van der Waals surface area contributed by atoms with Gasteiger partial charge in [0, 0.05) is 12.0 Å². The lowest BCUT2D eigenvalue weighted by atomic mass is 10.0. The predicted molar refractivity (Wildman–Crippen MR) is 56.5 cm³/mol. The van der Waals surface area contributed by atoms with E-state index in [-0.39, 0.29) is 5.91 Å². The lowest BCUT2D eigenvalue weighted by molar-refractivity contribution is -0.121. The molecule has 0 unspecified atom stereocenters. The quantitative estimate of drug-likeness (QED) is 0.397. The van der Waals surface area contributed by atoms with Crippen LogP contribution in [0.3, 0.4) is 0 Å². The Morgan fingerprint density at radius 3 is 2.79 bits per heavy atom. The average Bonchev–Trinajstić information content (AvgIpc) is 2.45. The van der Waals surface area contributed by atoms with E-state index in [9.17, 15) is 4.79 Å². The molecule has 4 nitrogen and oxygen atoms in total. The van der Waals surface area contributed by atoms with E-state index < -0.39 is 0 Å². The van der Waals surface area contributed by atoms with E-state index in [4.69, 9.17) is 5.84 Å². The molecule has 1 aliphatic rings. The van der Waals surface area contributed by atoms with E-state index in [1.54, 1.807) is 0 Å². The van der Waals surface area contributed by atoms with Crippen LogP contribution in [0.5, 0.6) is 0 Å². The molecule has 0 saturated carbocycles. The molecule has 1 heterocycles. The number of likely N-dealkylation sites (tertiary alicyclic amines) is 1. The molecule has 0 atom stereocenters. The molecule has 0 aromatic rings. The highest BCUT2D eigenvalue weighted by Gasteiger charge is 2.30. The maximum absolute atomic E-state index is 10.9. The molecule has 82 valence electrons. The summed E-state index contributed by atoms with van der Waals surface area (Å²) in [6.07, 6.45) is 3.96. The van der Waals surface area contributed by atoms with Crippen LogP contribution in [0, 0.1) is 0 Å². The van der Waals surface area contributed by atoms with E-state index in [1.807, 2.05) is 0 Å². The Labute approximate surface area is 85.8 Å². The summed E-state index contributed by atoms with van der Waals surface area (Å²) in [4.78, 5) is 13.3. The fourth-order valence-corrected chi connectivity index (χ4v) is 2.08. The van der Waals surface area contributed by atoms with Crippen molar-refractivity contribution in [2.75, 3.05) is 13.1 Å². The number of nitrogens with one attached hydrogen (secondary N) is 1. The standard InChI is InChI=1S/C10H21N3O/c1-10(2)6-4-8-13(10)7-3-5-9(14)12-11/h3-8,11H2,1-2H3,(H,12,14). The molecule has 0 spiro atoms. The normalized spacial score (nSPS) is 21.1. The minimum Gasteiger partial charge on any atom is -0.298 e. The van der Waals surface area contributed by atoms with Gasteiger partial charge in [0.15, 0.2) is 0 Å². The molecule has 14 heavy (non-hydrogen) atoms. The maximum Gasteiger partial charge on any atom is 0.233 e. The van der Waals surface area contributed by atoms with Gasteiger partial charge in [-0.25, -0.2) is 5.84 Å². The number of nitrogens with two attached hydrogens (primary N) is 1. The number of rotatable bonds is 4. The Balaban J connectivity index is 2.21. The molecule has 4 heteroatoms. The first kappa shape index (κ1) is 11.5. The highest BCUT2D eigenvalue weighted by Crippen LogP contribution is 2.27. The van der Waals surface area contributed by atoms with Crippen LogP contribution in [0.25, 0.3) is 0 Å². The number of amides is 1. The van der Waals surface area contributed by atoms with Gasteiger partial charge in [0.05, 0.1) is 0 Å². The predicted octanol–water partition coefficient (Wildman–Crippen LogP) is 0.631. The van der Waals surface area contributed by atoms with Crippen LogP contribution in [-0.2, 0) is 4.79 Å². The summed E-state index contributed by atoms with van der Waals surface area (Å²) in [5.41, 5.74) is 2.47. The van der Waals surface area contributed by atoms with Crippen LogP contribution in [0.2, 0.25) is 0 Å². The van der Waals surface area contributed by atoms with E-state index in [2.05, 4.69) is 24.2 Å². The van der Waals surface area contributed by atoms with Gasteiger partial charge in [-0.1, -0.05) is 0 Å². The first-order valence-corrected chi connectivity index (χ1v) is 5.31.